The van der Waals surface area contributed by atoms with Crippen LogP contribution < -0.4 is 5.32 Å². The van der Waals surface area contributed by atoms with Crippen molar-refractivity contribution >= 4 is 40.8 Å². The molecule has 150 valence electrons. The summed E-state index contributed by atoms with van der Waals surface area (Å²) in [6.07, 6.45) is 1.67. The molecule has 0 aliphatic rings. The topological polar surface area (TPSA) is 81.4 Å². The number of hydrogen-bond acceptors (Lipinski definition) is 5. The predicted molar refractivity (Wildman–Crippen MR) is 106 cm³/mol. The van der Waals surface area contributed by atoms with Gasteiger partial charge in [0.1, 0.15) is 5.82 Å². The number of hydrogen-bond donors (Lipinski definition) is 1. The number of benzene rings is 2. The SMILES string of the molecule is O=C(COC(=O)CCc1ncc(-c2ccc(F)cc2)o1)Nc1cccc(Cl)c1Cl. The van der Waals surface area contributed by atoms with Crippen molar-refractivity contribution in [2.45, 2.75) is 12.8 Å². The Hall–Kier alpha value is -2.90. The molecule has 0 aliphatic carbocycles. The van der Waals surface area contributed by atoms with E-state index < -0.39 is 18.5 Å². The Kier molecular flexibility index (Phi) is 6.85. The summed E-state index contributed by atoms with van der Waals surface area (Å²) in [5.74, 6) is -0.684. The van der Waals surface area contributed by atoms with Crippen LogP contribution in [0.1, 0.15) is 12.3 Å². The van der Waals surface area contributed by atoms with Gasteiger partial charge in [-0.2, -0.15) is 0 Å². The molecule has 9 heteroatoms. The van der Waals surface area contributed by atoms with Gasteiger partial charge in [0.2, 0.25) is 0 Å². The Morgan fingerprint density at radius 2 is 1.90 bits per heavy atom. The minimum absolute atomic E-state index is 0.0193. The monoisotopic (exact) mass is 436 g/mol. The van der Waals surface area contributed by atoms with E-state index in [2.05, 4.69) is 10.3 Å². The maximum absolute atomic E-state index is 13.0. The van der Waals surface area contributed by atoms with Crippen LogP contribution in [0.25, 0.3) is 11.3 Å². The fourth-order valence-corrected chi connectivity index (χ4v) is 2.74. The maximum atomic E-state index is 13.0. The van der Waals surface area contributed by atoms with Crippen molar-refractivity contribution in [1.82, 2.24) is 4.98 Å². The lowest BCUT2D eigenvalue weighted by Gasteiger charge is -2.08. The van der Waals surface area contributed by atoms with Gasteiger partial charge in [0, 0.05) is 12.0 Å². The van der Waals surface area contributed by atoms with E-state index >= 15 is 0 Å². The van der Waals surface area contributed by atoms with Crippen LogP contribution in [0, 0.1) is 5.82 Å². The lowest BCUT2D eigenvalue weighted by atomic mass is 10.2. The molecule has 0 fully saturated rings. The van der Waals surface area contributed by atoms with E-state index in [1.165, 1.54) is 18.3 Å². The van der Waals surface area contributed by atoms with Crippen molar-refractivity contribution in [3.05, 3.63) is 70.4 Å². The summed E-state index contributed by atoms with van der Waals surface area (Å²) in [6.45, 7) is -0.464. The van der Waals surface area contributed by atoms with Gasteiger partial charge in [-0.3, -0.25) is 9.59 Å². The standard InChI is InChI=1S/C20H15Cl2FN2O4/c21-14-2-1-3-15(20(14)22)25-17(26)11-28-19(27)9-8-18-24-10-16(29-18)12-4-6-13(23)7-5-12/h1-7,10H,8-9,11H2,(H,25,26). The number of anilines is 1. The van der Waals surface area contributed by atoms with E-state index in [1.807, 2.05) is 0 Å². The largest absolute Gasteiger partial charge is 0.456 e. The van der Waals surface area contributed by atoms with Crippen LogP contribution in [0.15, 0.2) is 53.1 Å². The summed E-state index contributed by atoms with van der Waals surface area (Å²) in [4.78, 5) is 27.8. The number of rotatable bonds is 7. The molecule has 29 heavy (non-hydrogen) atoms. The molecule has 0 saturated carbocycles. The summed E-state index contributed by atoms with van der Waals surface area (Å²) in [6, 6.07) is 10.6. The minimum atomic E-state index is -0.584. The second kappa shape index (κ2) is 9.54. The minimum Gasteiger partial charge on any atom is -0.456 e. The van der Waals surface area contributed by atoms with Crippen LogP contribution in [-0.4, -0.2) is 23.5 Å². The lowest BCUT2D eigenvalue weighted by molar-refractivity contribution is -0.147. The quantitative estimate of drug-likeness (QED) is 0.532. The second-order valence-electron chi connectivity index (χ2n) is 5.94. The van der Waals surface area contributed by atoms with E-state index in [-0.39, 0.29) is 23.7 Å². The van der Waals surface area contributed by atoms with E-state index in [9.17, 15) is 14.0 Å². The number of aromatic nitrogens is 1. The zero-order chi connectivity index (χ0) is 20.8. The molecular formula is C20H15Cl2FN2O4. The van der Waals surface area contributed by atoms with Gasteiger partial charge in [-0.25, -0.2) is 9.37 Å². The molecule has 1 N–H and O–H groups in total. The highest BCUT2D eigenvalue weighted by Crippen LogP contribution is 2.29. The fraction of sp³-hybridized carbons (Fsp3) is 0.150. The predicted octanol–water partition coefficient (Wildman–Crippen LogP) is 4.90. The number of amides is 1. The van der Waals surface area contributed by atoms with Gasteiger partial charge in [0.25, 0.3) is 5.91 Å². The van der Waals surface area contributed by atoms with E-state index in [1.54, 1.807) is 30.3 Å². The number of halogens is 3. The van der Waals surface area contributed by atoms with Gasteiger partial charge >= 0.3 is 5.97 Å². The first-order valence-electron chi connectivity index (χ1n) is 8.52. The Bertz CT molecular complexity index is 1020. The second-order valence-corrected chi connectivity index (χ2v) is 6.72. The molecule has 3 aromatic rings. The van der Waals surface area contributed by atoms with Crippen molar-refractivity contribution < 1.29 is 23.1 Å². The molecule has 0 unspecified atom stereocenters. The van der Waals surface area contributed by atoms with E-state index in [0.29, 0.717) is 27.9 Å². The van der Waals surface area contributed by atoms with Crippen LogP contribution in [0.3, 0.4) is 0 Å². The van der Waals surface area contributed by atoms with Crippen molar-refractivity contribution in [2.75, 3.05) is 11.9 Å². The van der Waals surface area contributed by atoms with E-state index in [0.717, 1.165) is 0 Å². The van der Waals surface area contributed by atoms with Gasteiger partial charge in [0.15, 0.2) is 18.3 Å². The highest BCUT2D eigenvalue weighted by Gasteiger charge is 2.13. The van der Waals surface area contributed by atoms with Gasteiger partial charge in [-0.15, -0.1) is 0 Å². The van der Waals surface area contributed by atoms with Gasteiger partial charge in [0.05, 0.1) is 28.4 Å². The Morgan fingerprint density at radius 3 is 2.66 bits per heavy atom. The molecular weight excluding hydrogens is 422 g/mol. The third-order valence-corrected chi connectivity index (χ3v) is 4.63. The van der Waals surface area contributed by atoms with Crippen LogP contribution in [-0.2, 0) is 20.7 Å². The number of carbonyl (C=O) groups excluding carboxylic acids is 2. The Labute approximate surface area is 175 Å². The molecule has 3 rings (SSSR count). The number of esters is 1. The number of carbonyl (C=O) groups is 2. The summed E-state index contributed by atoms with van der Waals surface area (Å²) >= 11 is 11.9. The molecule has 6 nitrogen and oxygen atoms in total. The molecule has 0 radical (unpaired) electrons. The summed E-state index contributed by atoms with van der Waals surface area (Å²) in [5.41, 5.74) is 0.998. The number of aryl methyl sites for hydroxylation is 1. The summed E-state index contributed by atoms with van der Waals surface area (Å²) in [5, 5.41) is 3.02. The molecule has 0 saturated heterocycles. The first-order chi connectivity index (χ1) is 13.9. The molecule has 0 atom stereocenters. The van der Waals surface area contributed by atoms with Crippen molar-refractivity contribution in [3.63, 3.8) is 0 Å². The molecule has 2 aromatic carbocycles. The van der Waals surface area contributed by atoms with Crippen molar-refractivity contribution in [3.8, 4) is 11.3 Å². The Morgan fingerprint density at radius 1 is 1.14 bits per heavy atom. The highest BCUT2D eigenvalue weighted by molar-refractivity contribution is 6.44. The first kappa shape index (κ1) is 20.8. The summed E-state index contributed by atoms with van der Waals surface area (Å²) in [7, 11) is 0. The average Bonchev–Trinajstić information content (AvgIpc) is 3.18. The van der Waals surface area contributed by atoms with E-state index in [4.69, 9.17) is 32.4 Å². The first-order valence-corrected chi connectivity index (χ1v) is 9.28. The highest BCUT2D eigenvalue weighted by atomic mass is 35.5. The third kappa shape index (κ3) is 5.79. The molecule has 0 aliphatic heterocycles. The number of oxazole rings is 1. The number of nitrogens with one attached hydrogen (secondary N) is 1. The van der Waals surface area contributed by atoms with Gasteiger partial charge in [-0.05, 0) is 36.4 Å². The molecule has 0 bridgehead atoms. The van der Waals surface area contributed by atoms with Crippen LogP contribution in [0.4, 0.5) is 10.1 Å². The van der Waals surface area contributed by atoms with Crippen LogP contribution in [0.5, 0.6) is 0 Å². The van der Waals surface area contributed by atoms with Crippen molar-refractivity contribution in [1.29, 1.82) is 0 Å². The van der Waals surface area contributed by atoms with Gasteiger partial charge < -0.3 is 14.5 Å². The van der Waals surface area contributed by atoms with Crippen LogP contribution in [0.2, 0.25) is 10.0 Å². The fourth-order valence-electron chi connectivity index (χ4n) is 2.39. The normalized spacial score (nSPS) is 10.6. The van der Waals surface area contributed by atoms with Crippen molar-refractivity contribution in [2.24, 2.45) is 0 Å². The maximum Gasteiger partial charge on any atom is 0.306 e. The number of ether oxygens (including phenoxy) is 1. The lowest BCUT2D eigenvalue weighted by Crippen LogP contribution is -2.21. The smallest absolute Gasteiger partial charge is 0.306 e. The molecule has 1 aromatic heterocycles. The molecule has 1 amide bonds. The van der Waals surface area contributed by atoms with Crippen LogP contribution >= 0.6 is 23.2 Å². The third-order valence-electron chi connectivity index (χ3n) is 3.82. The zero-order valence-corrected chi connectivity index (χ0v) is 16.5. The summed E-state index contributed by atoms with van der Waals surface area (Å²) < 4.78 is 23.4. The molecule has 0 spiro atoms. The Balaban J connectivity index is 1.45. The average molecular weight is 437 g/mol. The molecule has 1 heterocycles. The van der Waals surface area contributed by atoms with Gasteiger partial charge in [-0.1, -0.05) is 29.3 Å². The zero-order valence-electron chi connectivity index (χ0n) is 15.0. The number of nitrogens with zero attached hydrogens (tertiary/aromatic N) is 1.